The molecule has 0 aromatic rings. The summed E-state index contributed by atoms with van der Waals surface area (Å²) in [6.45, 7) is 0. The van der Waals surface area contributed by atoms with Crippen LogP contribution in [-0.4, -0.2) is 23.1 Å². The van der Waals surface area contributed by atoms with Gasteiger partial charge in [-0.2, -0.15) is 0 Å². The lowest BCUT2D eigenvalue weighted by molar-refractivity contribution is -0.150. The summed E-state index contributed by atoms with van der Waals surface area (Å²) in [5.74, 6) is -2.06. The van der Waals surface area contributed by atoms with E-state index < -0.39 is 11.9 Å². The van der Waals surface area contributed by atoms with Gasteiger partial charge in [-0.25, -0.2) is 0 Å². The maximum atomic E-state index is 11.1. The zero-order valence-electron chi connectivity index (χ0n) is 6.53. The lowest BCUT2D eigenvalue weighted by atomic mass is 9.80. The van der Waals surface area contributed by atoms with Gasteiger partial charge in [0.25, 0.3) is 0 Å². The van der Waals surface area contributed by atoms with Crippen molar-refractivity contribution in [1.29, 1.82) is 0 Å². The molecule has 1 heterocycles. The third kappa shape index (κ3) is 0.983. The van der Waals surface area contributed by atoms with Crippen LogP contribution in [0, 0.1) is 11.8 Å². The van der Waals surface area contributed by atoms with Crippen LogP contribution >= 0.6 is 0 Å². The highest BCUT2D eigenvalue weighted by molar-refractivity contribution is 5.83. The minimum absolute atomic E-state index is 0.00176. The van der Waals surface area contributed by atoms with E-state index in [0.717, 1.165) is 0 Å². The summed E-state index contributed by atoms with van der Waals surface area (Å²) in [6.07, 6.45) is 1.89. The summed E-state index contributed by atoms with van der Waals surface area (Å²) in [5.41, 5.74) is 0. The first-order valence-electron chi connectivity index (χ1n) is 4.12. The summed E-state index contributed by atoms with van der Waals surface area (Å²) in [4.78, 5) is 21.8. The van der Waals surface area contributed by atoms with Crippen molar-refractivity contribution in [3.63, 3.8) is 0 Å². The molecule has 0 aromatic carbocycles. The Balaban J connectivity index is 2.18. The molecule has 3 atom stereocenters. The highest BCUT2D eigenvalue weighted by Crippen LogP contribution is 2.38. The standard InChI is InChI=1S/C8H10O4/c9-7(10)5-2-1-4-3-6(5)8(11)12-4/h4-6H,1-3H2,(H,9,10)/t4-,5-,6-/m0/s1. The van der Waals surface area contributed by atoms with Gasteiger partial charge in [-0.15, -0.1) is 0 Å². The van der Waals surface area contributed by atoms with Gasteiger partial charge in [0.15, 0.2) is 0 Å². The van der Waals surface area contributed by atoms with Gasteiger partial charge >= 0.3 is 11.9 Å². The SMILES string of the molecule is O=C(O)[C@H]1CC[C@H]2C[C@@H]1C(=O)O2. The zero-order chi connectivity index (χ0) is 8.72. The van der Waals surface area contributed by atoms with Crippen LogP contribution in [0.1, 0.15) is 19.3 Å². The Labute approximate surface area is 69.5 Å². The van der Waals surface area contributed by atoms with Crippen molar-refractivity contribution in [3.8, 4) is 0 Å². The van der Waals surface area contributed by atoms with E-state index in [2.05, 4.69) is 0 Å². The predicted molar refractivity (Wildman–Crippen MR) is 38.3 cm³/mol. The highest BCUT2D eigenvalue weighted by Gasteiger charge is 2.46. The minimum atomic E-state index is -0.864. The molecule has 0 spiro atoms. The Morgan fingerprint density at radius 3 is 2.92 bits per heavy atom. The Bertz CT molecular complexity index is 235. The minimum Gasteiger partial charge on any atom is -0.481 e. The lowest BCUT2D eigenvalue weighted by Crippen LogP contribution is -2.29. The van der Waals surface area contributed by atoms with Gasteiger partial charge in [0.1, 0.15) is 6.10 Å². The third-order valence-corrected chi connectivity index (χ3v) is 2.70. The predicted octanol–water partition coefficient (Wildman–Crippen LogP) is 0.413. The summed E-state index contributed by atoms with van der Waals surface area (Å²) in [6, 6.07) is 0. The third-order valence-electron chi connectivity index (χ3n) is 2.70. The van der Waals surface area contributed by atoms with Crippen LogP contribution in [0.5, 0.6) is 0 Å². The number of fused-ring (bicyclic) bond motifs is 2. The van der Waals surface area contributed by atoms with Crippen molar-refractivity contribution < 1.29 is 19.4 Å². The average Bonchev–Trinajstić information content (AvgIpc) is 2.28. The quantitative estimate of drug-likeness (QED) is 0.579. The van der Waals surface area contributed by atoms with Gasteiger partial charge in [-0.3, -0.25) is 9.59 Å². The van der Waals surface area contributed by atoms with E-state index in [-0.39, 0.29) is 18.0 Å². The van der Waals surface area contributed by atoms with Gasteiger partial charge < -0.3 is 9.84 Å². The fourth-order valence-electron chi connectivity index (χ4n) is 2.05. The molecule has 2 aliphatic rings. The van der Waals surface area contributed by atoms with Crippen LogP contribution < -0.4 is 0 Å². The Hall–Kier alpha value is -1.06. The highest BCUT2D eigenvalue weighted by atomic mass is 16.6. The first-order valence-corrected chi connectivity index (χ1v) is 4.12. The second-order valence-corrected chi connectivity index (χ2v) is 3.42. The summed E-state index contributed by atoms with van der Waals surface area (Å²) >= 11 is 0. The van der Waals surface area contributed by atoms with Crippen LogP contribution in [-0.2, 0) is 14.3 Å². The van der Waals surface area contributed by atoms with Gasteiger partial charge in [-0.05, 0) is 19.3 Å². The van der Waals surface area contributed by atoms with Crippen molar-refractivity contribution in [3.05, 3.63) is 0 Å². The normalized spacial score (nSPS) is 39.3. The number of carbonyl (C=O) groups excluding carboxylic acids is 1. The topological polar surface area (TPSA) is 63.6 Å². The second-order valence-electron chi connectivity index (χ2n) is 3.42. The number of rotatable bonds is 1. The molecule has 0 amide bonds. The smallest absolute Gasteiger partial charge is 0.310 e. The van der Waals surface area contributed by atoms with Crippen molar-refractivity contribution in [2.24, 2.45) is 11.8 Å². The van der Waals surface area contributed by atoms with Gasteiger partial charge in [0, 0.05) is 0 Å². The molecule has 0 radical (unpaired) electrons. The first kappa shape index (κ1) is 7.58. The van der Waals surface area contributed by atoms with Crippen LogP contribution in [0.3, 0.4) is 0 Å². The number of carboxylic acid groups (broad SMARTS) is 1. The number of esters is 1. The molecule has 12 heavy (non-hydrogen) atoms. The molecular weight excluding hydrogens is 160 g/mol. The molecule has 0 aromatic heterocycles. The van der Waals surface area contributed by atoms with Gasteiger partial charge in [-0.1, -0.05) is 0 Å². The fourth-order valence-corrected chi connectivity index (χ4v) is 2.05. The molecule has 2 rings (SSSR count). The lowest BCUT2D eigenvalue weighted by Gasteiger charge is -2.20. The van der Waals surface area contributed by atoms with E-state index >= 15 is 0 Å². The second kappa shape index (κ2) is 2.47. The van der Waals surface area contributed by atoms with E-state index in [1.807, 2.05) is 0 Å². The number of carboxylic acids is 1. The largest absolute Gasteiger partial charge is 0.481 e. The van der Waals surface area contributed by atoms with Crippen LogP contribution in [0.15, 0.2) is 0 Å². The zero-order valence-corrected chi connectivity index (χ0v) is 6.53. The number of ether oxygens (including phenoxy) is 1. The number of carbonyl (C=O) groups is 2. The molecule has 4 heteroatoms. The molecule has 66 valence electrons. The molecule has 1 saturated heterocycles. The molecule has 1 aliphatic carbocycles. The molecule has 1 N–H and O–H groups in total. The van der Waals surface area contributed by atoms with E-state index in [1.54, 1.807) is 0 Å². The monoisotopic (exact) mass is 170 g/mol. The maximum Gasteiger partial charge on any atom is 0.310 e. The van der Waals surface area contributed by atoms with Crippen molar-refractivity contribution in [2.45, 2.75) is 25.4 Å². The van der Waals surface area contributed by atoms with Gasteiger partial charge in [0.05, 0.1) is 11.8 Å². The van der Waals surface area contributed by atoms with E-state index in [4.69, 9.17) is 9.84 Å². The van der Waals surface area contributed by atoms with Crippen LogP contribution in [0.2, 0.25) is 0 Å². The number of aliphatic carboxylic acids is 1. The van der Waals surface area contributed by atoms with Crippen molar-refractivity contribution >= 4 is 11.9 Å². The van der Waals surface area contributed by atoms with Crippen LogP contribution in [0.25, 0.3) is 0 Å². The number of hydrogen-bond acceptors (Lipinski definition) is 3. The molecular formula is C8H10O4. The first-order chi connectivity index (χ1) is 5.68. The molecule has 1 aliphatic heterocycles. The molecule has 1 saturated carbocycles. The van der Waals surface area contributed by atoms with E-state index in [1.165, 1.54) is 0 Å². The summed E-state index contributed by atoms with van der Waals surface area (Å²) in [5, 5.41) is 8.77. The van der Waals surface area contributed by atoms with E-state index in [0.29, 0.717) is 19.3 Å². The summed E-state index contributed by atoms with van der Waals surface area (Å²) in [7, 11) is 0. The Kier molecular flexibility index (Phi) is 1.56. The Morgan fingerprint density at radius 1 is 1.50 bits per heavy atom. The van der Waals surface area contributed by atoms with Crippen molar-refractivity contribution in [1.82, 2.24) is 0 Å². The van der Waals surface area contributed by atoms with E-state index in [9.17, 15) is 9.59 Å². The van der Waals surface area contributed by atoms with Gasteiger partial charge in [0.2, 0.25) is 0 Å². The molecule has 2 bridgehead atoms. The summed E-state index contributed by atoms with van der Waals surface area (Å²) < 4.78 is 4.96. The average molecular weight is 170 g/mol. The Morgan fingerprint density at radius 2 is 2.25 bits per heavy atom. The maximum absolute atomic E-state index is 11.1. The van der Waals surface area contributed by atoms with Crippen LogP contribution in [0.4, 0.5) is 0 Å². The fraction of sp³-hybridized carbons (Fsp3) is 0.750. The molecule has 2 fully saturated rings. The molecule has 4 nitrogen and oxygen atoms in total. The van der Waals surface area contributed by atoms with Crippen molar-refractivity contribution in [2.75, 3.05) is 0 Å². The number of hydrogen-bond donors (Lipinski definition) is 1. The molecule has 0 unspecified atom stereocenters.